The van der Waals surface area contributed by atoms with E-state index in [-0.39, 0.29) is 12.3 Å². The fourth-order valence-electron chi connectivity index (χ4n) is 1.43. The van der Waals surface area contributed by atoms with E-state index in [0.717, 1.165) is 12.0 Å². The summed E-state index contributed by atoms with van der Waals surface area (Å²) in [5, 5.41) is 13.5. The molecule has 0 aliphatic carbocycles. The van der Waals surface area contributed by atoms with E-state index in [2.05, 4.69) is 10.1 Å². The minimum absolute atomic E-state index is 0.140. The van der Waals surface area contributed by atoms with E-state index in [0.29, 0.717) is 17.3 Å². The summed E-state index contributed by atoms with van der Waals surface area (Å²) < 4.78 is 4.90. The van der Waals surface area contributed by atoms with Gasteiger partial charge >= 0.3 is 0 Å². The Balaban J connectivity index is 2.45. The molecule has 0 bridgehead atoms. The maximum Gasteiger partial charge on any atom is 0.240 e. The summed E-state index contributed by atoms with van der Waals surface area (Å²) in [6, 6.07) is 5.34. The molecular formula is C11H13N3O2. The molecule has 0 radical (unpaired) electrons. The van der Waals surface area contributed by atoms with Crippen LogP contribution in [0.3, 0.4) is 0 Å². The maximum absolute atomic E-state index is 9.71. The molecule has 84 valence electrons. The van der Waals surface area contributed by atoms with Crippen molar-refractivity contribution >= 4 is 0 Å². The molecule has 0 aliphatic heterocycles. The molecule has 5 nitrogen and oxygen atoms in total. The van der Waals surface area contributed by atoms with Crippen molar-refractivity contribution in [1.82, 2.24) is 10.1 Å². The van der Waals surface area contributed by atoms with Crippen LogP contribution in [0.15, 0.2) is 22.7 Å². The number of nitrogens with two attached hydrogens (primary N) is 1. The van der Waals surface area contributed by atoms with Crippen molar-refractivity contribution < 1.29 is 9.63 Å². The molecule has 0 saturated carbocycles. The first kappa shape index (κ1) is 10.6. The van der Waals surface area contributed by atoms with Crippen LogP contribution < -0.4 is 5.73 Å². The Labute approximate surface area is 92.9 Å². The zero-order valence-electron chi connectivity index (χ0n) is 8.97. The van der Waals surface area contributed by atoms with E-state index in [4.69, 9.17) is 10.3 Å². The number of benzene rings is 1. The monoisotopic (exact) mass is 219 g/mol. The molecule has 0 unspecified atom stereocenters. The summed E-state index contributed by atoms with van der Waals surface area (Å²) >= 11 is 0. The van der Waals surface area contributed by atoms with Crippen molar-refractivity contribution in [3.05, 3.63) is 29.7 Å². The van der Waals surface area contributed by atoms with E-state index in [1.165, 1.54) is 0 Å². The van der Waals surface area contributed by atoms with Gasteiger partial charge in [-0.3, -0.25) is 0 Å². The third-order valence-corrected chi connectivity index (χ3v) is 2.35. The minimum atomic E-state index is 0.140. The summed E-state index contributed by atoms with van der Waals surface area (Å²) in [6.07, 6.45) is 0.884. The second-order valence-corrected chi connectivity index (χ2v) is 3.42. The van der Waals surface area contributed by atoms with Crippen molar-refractivity contribution in [2.45, 2.75) is 19.9 Å². The first-order chi connectivity index (χ1) is 7.74. The minimum Gasteiger partial charge on any atom is -0.507 e. The lowest BCUT2D eigenvalue weighted by Crippen LogP contribution is -1.95. The van der Waals surface area contributed by atoms with Gasteiger partial charge in [0, 0.05) is 0 Å². The first-order valence-electron chi connectivity index (χ1n) is 5.09. The normalized spacial score (nSPS) is 10.6. The predicted octanol–water partition coefficient (Wildman–Crippen LogP) is 1.46. The molecule has 1 aromatic carbocycles. The predicted molar refractivity (Wildman–Crippen MR) is 58.7 cm³/mol. The summed E-state index contributed by atoms with van der Waals surface area (Å²) in [6.45, 7) is 2.24. The summed E-state index contributed by atoms with van der Waals surface area (Å²) in [4.78, 5) is 4.07. The van der Waals surface area contributed by atoms with Crippen molar-refractivity contribution in [3.8, 4) is 17.1 Å². The largest absolute Gasteiger partial charge is 0.507 e. The van der Waals surface area contributed by atoms with Gasteiger partial charge in [0.05, 0.1) is 12.1 Å². The molecule has 1 aromatic heterocycles. The van der Waals surface area contributed by atoms with Gasteiger partial charge in [0.15, 0.2) is 0 Å². The lowest BCUT2D eigenvalue weighted by atomic mass is 10.1. The third kappa shape index (κ3) is 1.90. The van der Waals surface area contributed by atoms with Gasteiger partial charge < -0.3 is 15.4 Å². The molecule has 0 amide bonds. The van der Waals surface area contributed by atoms with E-state index < -0.39 is 0 Å². The van der Waals surface area contributed by atoms with Gasteiger partial charge in [0.1, 0.15) is 5.75 Å². The van der Waals surface area contributed by atoms with Crippen molar-refractivity contribution in [2.24, 2.45) is 5.73 Å². The Morgan fingerprint density at radius 3 is 2.88 bits per heavy atom. The summed E-state index contributed by atoms with van der Waals surface area (Å²) in [5.41, 5.74) is 7.05. The van der Waals surface area contributed by atoms with Crippen LogP contribution in [0.1, 0.15) is 18.4 Å². The van der Waals surface area contributed by atoms with Crippen molar-refractivity contribution in [3.63, 3.8) is 0 Å². The Morgan fingerprint density at radius 1 is 1.44 bits per heavy atom. The van der Waals surface area contributed by atoms with E-state index in [1.54, 1.807) is 6.07 Å². The lowest BCUT2D eigenvalue weighted by molar-refractivity contribution is 0.380. The van der Waals surface area contributed by atoms with Gasteiger partial charge in [0.2, 0.25) is 11.7 Å². The number of nitrogens with zero attached hydrogens (tertiary/aromatic N) is 2. The number of rotatable bonds is 3. The van der Waals surface area contributed by atoms with Crippen LogP contribution in [-0.2, 0) is 13.0 Å². The average molecular weight is 219 g/mol. The topological polar surface area (TPSA) is 85.2 Å². The van der Waals surface area contributed by atoms with Crippen LogP contribution >= 0.6 is 0 Å². The molecule has 0 spiro atoms. The number of hydrogen-bond donors (Lipinski definition) is 2. The molecule has 0 aliphatic rings. The van der Waals surface area contributed by atoms with Gasteiger partial charge in [-0.15, -0.1) is 0 Å². The van der Waals surface area contributed by atoms with Crippen molar-refractivity contribution in [1.29, 1.82) is 0 Å². The summed E-state index contributed by atoms with van der Waals surface area (Å²) in [7, 11) is 0. The van der Waals surface area contributed by atoms with E-state index in [9.17, 15) is 5.11 Å². The molecule has 0 atom stereocenters. The molecule has 3 N–H and O–H groups in total. The molecule has 0 saturated heterocycles. The molecule has 0 fully saturated rings. The average Bonchev–Trinajstić information content (AvgIpc) is 2.78. The Morgan fingerprint density at radius 2 is 2.25 bits per heavy atom. The summed E-state index contributed by atoms with van der Waals surface area (Å²) in [5.74, 6) is 0.867. The fraction of sp³-hybridized carbons (Fsp3) is 0.273. The van der Waals surface area contributed by atoms with Crippen LogP contribution in [0.25, 0.3) is 11.4 Å². The molecule has 1 heterocycles. The Hall–Kier alpha value is -1.88. The maximum atomic E-state index is 9.71. The number of aromatic hydroxyl groups is 1. The van der Waals surface area contributed by atoms with Crippen LogP contribution in [0.2, 0.25) is 0 Å². The standard InChI is InChI=1S/C11H13N3O2/c1-2-7-3-4-9(15)8(5-7)11-13-10(6-12)16-14-11/h3-5,15H,2,6,12H2,1H3. The number of phenols is 1. The second-order valence-electron chi connectivity index (χ2n) is 3.42. The number of phenolic OH excluding ortho intramolecular Hbond substituents is 1. The highest BCUT2D eigenvalue weighted by Crippen LogP contribution is 2.27. The Kier molecular flexibility index (Phi) is 2.87. The van der Waals surface area contributed by atoms with Crippen molar-refractivity contribution in [2.75, 3.05) is 0 Å². The highest BCUT2D eigenvalue weighted by Gasteiger charge is 2.11. The number of aryl methyl sites for hydroxylation is 1. The van der Waals surface area contributed by atoms with Crippen LogP contribution in [0, 0.1) is 0 Å². The van der Waals surface area contributed by atoms with Gasteiger partial charge in [-0.05, 0) is 24.1 Å². The Bertz CT molecular complexity index is 494. The van der Waals surface area contributed by atoms with Crippen LogP contribution in [-0.4, -0.2) is 15.2 Å². The van der Waals surface area contributed by atoms with Crippen LogP contribution in [0.4, 0.5) is 0 Å². The van der Waals surface area contributed by atoms with E-state index >= 15 is 0 Å². The quantitative estimate of drug-likeness (QED) is 0.816. The second kappa shape index (κ2) is 4.32. The smallest absolute Gasteiger partial charge is 0.240 e. The highest BCUT2D eigenvalue weighted by atomic mass is 16.5. The highest BCUT2D eigenvalue weighted by molar-refractivity contribution is 5.64. The first-order valence-corrected chi connectivity index (χ1v) is 5.09. The molecule has 2 rings (SSSR count). The van der Waals surface area contributed by atoms with Gasteiger partial charge in [-0.25, -0.2) is 0 Å². The molecular weight excluding hydrogens is 206 g/mol. The molecule has 2 aromatic rings. The zero-order valence-corrected chi connectivity index (χ0v) is 8.97. The third-order valence-electron chi connectivity index (χ3n) is 2.35. The number of hydrogen-bond acceptors (Lipinski definition) is 5. The lowest BCUT2D eigenvalue weighted by Gasteiger charge is -2.02. The zero-order chi connectivity index (χ0) is 11.5. The fourth-order valence-corrected chi connectivity index (χ4v) is 1.43. The molecule has 5 heteroatoms. The van der Waals surface area contributed by atoms with Gasteiger partial charge in [-0.1, -0.05) is 18.1 Å². The van der Waals surface area contributed by atoms with Gasteiger partial charge in [-0.2, -0.15) is 4.98 Å². The van der Waals surface area contributed by atoms with E-state index in [1.807, 2.05) is 19.1 Å². The SMILES string of the molecule is CCc1ccc(O)c(-c2noc(CN)n2)c1. The van der Waals surface area contributed by atoms with Gasteiger partial charge in [0.25, 0.3) is 0 Å². The number of aromatic nitrogens is 2. The molecule has 16 heavy (non-hydrogen) atoms. The van der Waals surface area contributed by atoms with Crippen LogP contribution in [0.5, 0.6) is 5.75 Å².